The average molecular weight is 651 g/mol. The van der Waals surface area contributed by atoms with Crippen LogP contribution >= 0.6 is 15.9 Å². The number of carbonyl (C=O) groups is 1. The van der Waals surface area contributed by atoms with Gasteiger partial charge in [0.25, 0.3) is 0 Å². The van der Waals surface area contributed by atoms with Gasteiger partial charge in [-0.3, -0.25) is 0 Å². The maximum Gasteiger partial charge on any atom is 0.417 e. The standard InChI is InChI=1S/C27H36BrF4N5O4/c1-26(2,3)41-25(38)37-11-9-18(19(37)14-39-6)36(5)23-16-12-17(27(30,31)32)20(28)21(29)22(16)33-24(34-23)40-13-15-8-7-10-35(15)4/h12,15,18-19H,7-11,13-14H2,1-6H3. The monoisotopic (exact) mass is 649 g/mol. The van der Waals surface area contributed by atoms with Gasteiger partial charge >= 0.3 is 18.3 Å². The third kappa shape index (κ3) is 6.80. The molecule has 2 saturated heterocycles. The van der Waals surface area contributed by atoms with Crippen molar-refractivity contribution in [1.29, 1.82) is 0 Å². The first-order chi connectivity index (χ1) is 19.1. The maximum absolute atomic E-state index is 15.5. The Balaban J connectivity index is 1.77. The van der Waals surface area contributed by atoms with Gasteiger partial charge < -0.3 is 28.9 Å². The normalized spacial score (nSPS) is 22.0. The van der Waals surface area contributed by atoms with Gasteiger partial charge in [0.2, 0.25) is 0 Å². The molecule has 0 radical (unpaired) electrons. The molecule has 1 aromatic carbocycles. The number of anilines is 1. The van der Waals surface area contributed by atoms with E-state index < -0.39 is 45.8 Å². The number of fused-ring (bicyclic) bond motifs is 1. The molecule has 0 spiro atoms. The number of halogens is 5. The van der Waals surface area contributed by atoms with Crippen LogP contribution in [0.1, 0.15) is 45.6 Å². The molecule has 2 fully saturated rings. The molecule has 2 aliphatic rings. The second kappa shape index (κ2) is 12.0. The minimum atomic E-state index is -4.83. The highest BCUT2D eigenvalue weighted by Gasteiger charge is 2.43. The fourth-order valence-electron chi connectivity index (χ4n) is 5.43. The average Bonchev–Trinajstić information content (AvgIpc) is 3.48. The Morgan fingerprint density at radius 2 is 1.88 bits per heavy atom. The molecule has 14 heteroatoms. The van der Waals surface area contributed by atoms with Crippen molar-refractivity contribution < 1.29 is 36.6 Å². The zero-order chi connectivity index (χ0) is 30.3. The first-order valence-electron chi connectivity index (χ1n) is 13.4. The summed E-state index contributed by atoms with van der Waals surface area (Å²) in [5, 5.41) is -0.127. The predicted molar refractivity (Wildman–Crippen MR) is 149 cm³/mol. The Bertz CT molecular complexity index is 1280. The molecule has 0 N–H and O–H groups in total. The van der Waals surface area contributed by atoms with Gasteiger partial charge in [0, 0.05) is 32.1 Å². The second-order valence-corrected chi connectivity index (χ2v) is 12.3. The quantitative estimate of drug-likeness (QED) is 0.365. The molecule has 9 nitrogen and oxygen atoms in total. The van der Waals surface area contributed by atoms with E-state index in [2.05, 4.69) is 30.8 Å². The number of benzene rings is 1. The van der Waals surface area contributed by atoms with E-state index in [9.17, 15) is 18.0 Å². The molecule has 1 amide bonds. The Morgan fingerprint density at radius 1 is 1.17 bits per heavy atom. The van der Waals surface area contributed by atoms with Gasteiger partial charge in [0.1, 0.15) is 23.5 Å². The van der Waals surface area contributed by atoms with E-state index >= 15 is 4.39 Å². The number of carbonyl (C=O) groups excluding carboxylic acids is 1. The summed E-state index contributed by atoms with van der Waals surface area (Å²) in [7, 11) is 5.12. The zero-order valence-corrected chi connectivity index (χ0v) is 25.6. The fraction of sp³-hybridized carbons (Fsp3) is 0.667. The smallest absolute Gasteiger partial charge is 0.417 e. The minimum absolute atomic E-state index is 0.0545. The van der Waals surface area contributed by atoms with E-state index in [1.165, 1.54) is 7.11 Å². The molecule has 4 rings (SSSR count). The molecule has 3 atom stereocenters. The van der Waals surface area contributed by atoms with Crippen molar-refractivity contribution in [2.24, 2.45) is 0 Å². The highest BCUT2D eigenvalue weighted by Crippen LogP contribution is 2.42. The third-order valence-electron chi connectivity index (χ3n) is 7.52. The number of ether oxygens (including phenoxy) is 3. The van der Waals surface area contributed by atoms with Crippen LogP contribution in [0.25, 0.3) is 10.9 Å². The second-order valence-electron chi connectivity index (χ2n) is 11.5. The SMILES string of the molecule is COCC1C(N(C)c2nc(OCC3CCCN3C)nc3c(F)c(Br)c(C(F)(F)F)cc23)CCN1C(=O)OC(C)(C)C. The zero-order valence-electron chi connectivity index (χ0n) is 24.0. The van der Waals surface area contributed by atoms with Gasteiger partial charge in [-0.05, 0) is 75.6 Å². The number of nitrogens with zero attached hydrogens (tertiary/aromatic N) is 5. The van der Waals surface area contributed by atoms with E-state index in [1.807, 2.05) is 7.05 Å². The Labute approximate surface area is 245 Å². The summed E-state index contributed by atoms with van der Waals surface area (Å²) in [4.78, 5) is 27.0. The first-order valence-corrected chi connectivity index (χ1v) is 14.2. The molecule has 2 aliphatic heterocycles. The number of hydrogen-bond donors (Lipinski definition) is 0. The van der Waals surface area contributed by atoms with Gasteiger partial charge in [-0.15, -0.1) is 0 Å². The van der Waals surface area contributed by atoms with Crippen molar-refractivity contribution in [3.05, 3.63) is 21.9 Å². The lowest BCUT2D eigenvalue weighted by Gasteiger charge is -2.34. The highest BCUT2D eigenvalue weighted by atomic mass is 79.9. The van der Waals surface area contributed by atoms with Crippen LogP contribution in [0.15, 0.2) is 10.5 Å². The van der Waals surface area contributed by atoms with E-state index in [1.54, 1.807) is 37.6 Å². The summed E-state index contributed by atoms with van der Waals surface area (Å²) >= 11 is 2.78. The van der Waals surface area contributed by atoms with Crippen molar-refractivity contribution in [3.8, 4) is 6.01 Å². The Kier molecular flexibility index (Phi) is 9.25. The summed E-state index contributed by atoms with van der Waals surface area (Å²) in [6, 6.07) is -0.132. The molecule has 1 aromatic heterocycles. The topological polar surface area (TPSA) is 80.3 Å². The minimum Gasteiger partial charge on any atom is -0.462 e. The molecule has 0 aliphatic carbocycles. The summed E-state index contributed by atoms with van der Waals surface area (Å²) in [5.74, 6) is -1.11. The van der Waals surface area contributed by atoms with Crippen molar-refractivity contribution in [3.63, 3.8) is 0 Å². The summed E-state index contributed by atoms with van der Waals surface area (Å²) in [6.45, 7) is 6.92. The number of amides is 1. The van der Waals surface area contributed by atoms with Crippen LogP contribution in [0, 0.1) is 5.82 Å². The number of likely N-dealkylation sites (N-methyl/N-ethyl adjacent to an activating group) is 2. The number of hydrogen-bond acceptors (Lipinski definition) is 8. The lowest BCUT2D eigenvalue weighted by Crippen LogP contribution is -2.49. The molecule has 0 saturated carbocycles. The lowest BCUT2D eigenvalue weighted by molar-refractivity contribution is -0.138. The van der Waals surface area contributed by atoms with Crippen LogP contribution in [0.4, 0.5) is 28.2 Å². The van der Waals surface area contributed by atoms with Crippen LogP contribution in [-0.2, 0) is 15.7 Å². The molecular weight excluding hydrogens is 614 g/mol. The summed E-state index contributed by atoms with van der Waals surface area (Å²) in [5.41, 5.74) is -2.21. The van der Waals surface area contributed by atoms with Crippen LogP contribution in [0.2, 0.25) is 0 Å². The molecule has 3 unspecified atom stereocenters. The van der Waals surface area contributed by atoms with Crippen LogP contribution in [-0.4, -0.2) is 97.1 Å². The van der Waals surface area contributed by atoms with Crippen molar-refractivity contribution in [1.82, 2.24) is 19.8 Å². The van der Waals surface area contributed by atoms with Crippen molar-refractivity contribution in [2.75, 3.05) is 52.4 Å². The predicted octanol–water partition coefficient (Wildman–Crippen LogP) is 5.48. The van der Waals surface area contributed by atoms with Crippen LogP contribution < -0.4 is 9.64 Å². The molecule has 41 heavy (non-hydrogen) atoms. The summed E-state index contributed by atoms with van der Waals surface area (Å²) < 4.78 is 73.3. The van der Waals surface area contributed by atoms with Gasteiger partial charge in [0.05, 0.1) is 28.7 Å². The van der Waals surface area contributed by atoms with Crippen molar-refractivity contribution >= 4 is 38.7 Å². The summed E-state index contributed by atoms with van der Waals surface area (Å²) in [6.07, 6.45) is -2.99. The van der Waals surface area contributed by atoms with Crippen LogP contribution in [0.5, 0.6) is 6.01 Å². The number of aromatic nitrogens is 2. The van der Waals surface area contributed by atoms with Gasteiger partial charge in [-0.2, -0.15) is 23.1 Å². The van der Waals surface area contributed by atoms with E-state index in [0.29, 0.717) is 13.0 Å². The van der Waals surface area contributed by atoms with E-state index in [4.69, 9.17) is 14.2 Å². The van der Waals surface area contributed by atoms with Gasteiger partial charge in [-0.1, -0.05) is 0 Å². The molecule has 228 valence electrons. The van der Waals surface area contributed by atoms with Gasteiger partial charge in [0.15, 0.2) is 5.82 Å². The highest BCUT2D eigenvalue weighted by molar-refractivity contribution is 9.10. The number of methoxy groups -OCH3 is 1. The molecule has 3 heterocycles. The van der Waals surface area contributed by atoms with E-state index in [0.717, 1.165) is 25.5 Å². The Hall–Kier alpha value is -2.45. The van der Waals surface area contributed by atoms with Crippen LogP contribution in [0.3, 0.4) is 0 Å². The molecule has 0 bridgehead atoms. The molecular formula is C27H36BrF4N5O4. The number of alkyl halides is 3. The molecule has 2 aromatic rings. The number of rotatable bonds is 7. The Morgan fingerprint density at radius 3 is 2.46 bits per heavy atom. The van der Waals surface area contributed by atoms with E-state index in [-0.39, 0.29) is 42.0 Å². The third-order valence-corrected chi connectivity index (χ3v) is 8.30. The van der Waals surface area contributed by atoms with Crippen molar-refractivity contribution in [2.45, 2.75) is 69.9 Å². The largest absolute Gasteiger partial charge is 0.462 e. The fourth-order valence-corrected chi connectivity index (χ4v) is 5.96. The first kappa shape index (κ1) is 31.5. The lowest BCUT2D eigenvalue weighted by atomic mass is 10.1. The van der Waals surface area contributed by atoms with Gasteiger partial charge in [-0.25, -0.2) is 9.18 Å². The number of likely N-dealkylation sites (tertiary alicyclic amines) is 2. The maximum atomic E-state index is 15.5.